The molecule has 1 fully saturated rings. The first kappa shape index (κ1) is 15.0. The number of halogens is 1. The smallest absolute Gasteiger partial charge is 0.306 e. The summed E-state index contributed by atoms with van der Waals surface area (Å²) in [6.45, 7) is 1.51. The topological polar surface area (TPSA) is 90.2 Å². The lowest BCUT2D eigenvalue weighted by atomic mass is 10.0. The lowest BCUT2D eigenvalue weighted by Crippen LogP contribution is -2.22. The minimum Gasteiger partial charge on any atom is -0.481 e. The number of amides is 1. The van der Waals surface area contributed by atoms with Crippen LogP contribution in [0.4, 0.5) is 10.1 Å². The molecule has 0 bridgehead atoms. The maximum absolute atomic E-state index is 13.6. The molecule has 1 saturated carbocycles. The maximum Gasteiger partial charge on any atom is 0.306 e. The molecule has 5 nitrogen and oxygen atoms in total. The number of carboxylic acid groups (broad SMARTS) is 1. The van der Waals surface area contributed by atoms with E-state index >= 15 is 0 Å². The van der Waals surface area contributed by atoms with E-state index in [0.29, 0.717) is 19.3 Å². The first-order valence-electron chi connectivity index (χ1n) is 6.66. The second kappa shape index (κ2) is 5.92. The zero-order valence-corrected chi connectivity index (χ0v) is 11.5. The zero-order valence-electron chi connectivity index (χ0n) is 11.5. The summed E-state index contributed by atoms with van der Waals surface area (Å²) >= 11 is 0. The SMILES string of the molecule is Cc1c(F)cc(C#N)cc1NC(=O)[C@@H]1CC[C@H](C(=O)O)C1. The van der Waals surface area contributed by atoms with Crippen LogP contribution in [0, 0.1) is 35.9 Å². The summed E-state index contributed by atoms with van der Waals surface area (Å²) in [5, 5.41) is 20.4. The van der Waals surface area contributed by atoms with Gasteiger partial charge in [-0.3, -0.25) is 9.59 Å². The van der Waals surface area contributed by atoms with Gasteiger partial charge in [0.05, 0.1) is 17.6 Å². The Bertz CT molecular complexity index is 637. The van der Waals surface area contributed by atoms with Crippen LogP contribution in [0.3, 0.4) is 0 Å². The predicted molar refractivity (Wildman–Crippen MR) is 72.9 cm³/mol. The van der Waals surface area contributed by atoms with E-state index in [2.05, 4.69) is 5.32 Å². The van der Waals surface area contributed by atoms with E-state index in [4.69, 9.17) is 10.4 Å². The number of benzene rings is 1. The summed E-state index contributed by atoms with van der Waals surface area (Å²) in [5.74, 6) is -2.65. The molecule has 1 aromatic carbocycles. The van der Waals surface area contributed by atoms with Crippen LogP contribution in [-0.4, -0.2) is 17.0 Å². The number of hydrogen-bond acceptors (Lipinski definition) is 3. The van der Waals surface area contributed by atoms with Crippen LogP contribution in [0.25, 0.3) is 0 Å². The van der Waals surface area contributed by atoms with Gasteiger partial charge in [-0.25, -0.2) is 4.39 Å². The van der Waals surface area contributed by atoms with Gasteiger partial charge in [-0.1, -0.05) is 0 Å². The van der Waals surface area contributed by atoms with Crippen LogP contribution >= 0.6 is 0 Å². The number of carbonyl (C=O) groups is 2. The van der Waals surface area contributed by atoms with Crippen LogP contribution in [0.15, 0.2) is 12.1 Å². The van der Waals surface area contributed by atoms with Crippen molar-refractivity contribution >= 4 is 17.6 Å². The number of nitrogens with one attached hydrogen (secondary N) is 1. The Morgan fingerprint density at radius 1 is 1.38 bits per heavy atom. The molecule has 110 valence electrons. The number of nitriles is 1. The summed E-state index contributed by atoms with van der Waals surface area (Å²) in [4.78, 5) is 23.0. The fraction of sp³-hybridized carbons (Fsp3) is 0.400. The first-order valence-corrected chi connectivity index (χ1v) is 6.66. The van der Waals surface area contributed by atoms with Crippen LogP contribution in [0.2, 0.25) is 0 Å². The van der Waals surface area contributed by atoms with E-state index in [-0.39, 0.29) is 28.6 Å². The minimum atomic E-state index is -0.890. The lowest BCUT2D eigenvalue weighted by Gasteiger charge is -2.13. The molecular weight excluding hydrogens is 275 g/mol. The van der Waals surface area contributed by atoms with Gasteiger partial charge in [-0.05, 0) is 38.3 Å². The average molecular weight is 290 g/mol. The summed E-state index contributed by atoms with van der Waals surface area (Å²) in [6.07, 6.45) is 1.27. The number of carbonyl (C=O) groups excluding carboxylic acids is 1. The van der Waals surface area contributed by atoms with Crippen LogP contribution in [0.1, 0.15) is 30.4 Å². The minimum absolute atomic E-state index is 0.128. The van der Waals surface area contributed by atoms with Crippen molar-refractivity contribution in [3.05, 3.63) is 29.1 Å². The molecule has 0 spiro atoms. The van der Waals surface area contributed by atoms with E-state index in [0.717, 1.165) is 6.07 Å². The van der Waals surface area contributed by atoms with Crippen LogP contribution in [0.5, 0.6) is 0 Å². The number of anilines is 1. The molecule has 0 saturated heterocycles. The molecule has 2 rings (SSSR count). The molecule has 0 aromatic heterocycles. The van der Waals surface area contributed by atoms with Crippen LogP contribution in [-0.2, 0) is 9.59 Å². The standard InChI is InChI=1S/C15H15FN2O3/c1-8-12(16)4-9(7-17)5-13(8)18-14(19)10-2-3-11(6-10)15(20)21/h4-5,10-11H,2-3,6H2,1H3,(H,18,19)(H,20,21)/t10-,11+/m1/s1. The highest BCUT2D eigenvalue weighted by atomic mass is 19.1. The molecule has 21 heavy (non-hydrogen) atoms. The molecule has 1 aliphatic rings. The lowest BCUT2D eigenvalue weighted by molar-refractivity contribution is -0.141. The Kier molecular flexibility index (Phi) is 4.22. The Morgan fingerprint density at radius 3 is 2.62 bits per heavy atom. The molecule has 1 amide bonds. The molecule has 0 unspecified atom stereocenters. The van der Waals surface area contributed by atoms with Gasteiger partial charge in [0.2, 0.25) is 5.91 Å². The third-order valence-electron chi connectivity index (χ3n) is 3.88. The molecule has 1 aliphatic carbocycles. The van der Waals surface area contributed by atoms with E-state index in [1.54, 1.807) is 0 Å². The number of hydrogen-bond donors (Lipinski definition) is 2. The fourth-order valence-corrected chi connectivity index (χ4v) is 2.55. The molecule has 0 aliphatic heterocycles. The van der Waals surface area contributed by atoms with Gasteiger partial charge in [-0.15, -0.1) is 0 Å². The van der Waals surface area contributed by atoms with Gasteiger partial charge in [0.1, 0.15) is 5.82 Å². The highest BCUT2D eigenvalue weighted by Crippen LogP contribution is 2.32. The van der Waals surface area contributed by atoms with Crippen molar-refractivity contribution in [3.8, 4) is 6.07 Å². The molecule has 2 N–H and O–H groups in total. The quantitative estimate of drug-likeness (QED) is 0.894. The second-order valence-corrected chi connectivity index (χ2v) is 5.28. The summed E-state index contributed by atoms with van der Waals surface area (Å²) < 4.78 is 13.6. The molecular formula is C15H15FN2O3. The van der Waals surface area contributed by atoms with E-state index in [9.17, 15) is 14.0 Å². The Morgan fingerprint density at radius 2 is 2.05 bits per heavy atom. The van der Waals surface area contributed by atoms with Crippen molar-refractivity contribution in [1.82, 2.24) is 0 Å². The van der Waals surface area contributed by atoms with Crippen molar-refractivity contribution in [2.45, 2.75) is 26.2 Å². The van der Waals surface area contributed by atoms with E-state index in [1.807, 2.05) is 6.07 Å². The molecule has 6 heteroatoms. The predicted octanol–water partition coefficient (Wildman–Crippen LogP) is 2.45. The van der Waals surface area contributed by atoms with Gasteiger partial charge >= 0.3 is 5.97 Å². The highest BCUT2D eigenvalue weighted by Gasteiger charge is 2.34. The Balaban J connectivity index is 2.12. The van der Waals surface area contributed by atoms with Crippen molar-refractivity contribution in [2.75, 3.05) is 5.32 Å². The summed E-state index contributed by atoms with van der Waals surface area (Å²) in [7, 11) is 0. The Labute approximate surface area is 121 Å². The van der Waals surface area contributed by atoms with Gasteiger partial charge in [0, 0.05) is 17.2 Å². The van der Waals surface area contributed by atoms with Gasteiger partial charge in [0.15, 0.2) is 0 Å². The largest absolute Gasteiger partial charge is 0.481 e. The number of aliphatic carboxylic acids is 1. The third kappa shape index (κ3) is 3.19. The van der Waals surface area contributed by atoms with Crippen LogP contribution < -0.4 is 5.32 Å². The molecule has 0 radical (unpaired) electrons. The molecule has 2 atom stereocenters. The maximum atomic E-state index is 13.6. The number of rotatable bonds is 3. The molecule has 1 aromatic rings. The van der Waals surface area contributed by atoms with Crippen molar-refractivity contribution in [3.63, 3.8) is 0 Å². The van der Waals surface area contributed by atoms with Gasteiger partial charge < -0.3 is 10.4 Å². The zero-order chi connectivity index (χ0) is 15.6. The molecule has 0 heterocycles. The summed E-state index contributed by atoms with van der Waals surface area (Å²) in [5.41, 5.74) is 0.647. The summed E-state index contributed by atoms with van der Waals surface area (Å²) in [6, 6.07) is 4.36. The number of nitrogens with zero attached hydrogens (tertiary/aromatic N) is 1. The second-order valence-electron chi connectivity index (χ2n) is 5.28. The van der Waals surface area contributed by atoms with Crippen molar-refractivity contribution in [2.24, 2.45) is 11.8 Å². The van der Waals surface area contributed by atoms with E-state index < -0.39 is 17.7 Å². The highest BCUT2D eigenvalue weighted by molar-refractivity contribution is 5.94. The van der Waals surface area contributed by atoms with Gasteiger partial charge in [0.25, 0.3) is 0 Å². The normalized spacial score (nSPS) is 20.8. The van der Waals surface area contributed by atoms with Crippen molar-refractivity contribution in [1.29, 1.82) is 5.26 Å². The monoisotopic (exact) mass is 290 g/mol. The average Bonchev–Trinajstić information content (AvgIpc) is 2.93. The Hall–Kier alpha value is -2.42. The van der Waals surface area contributed by atoms with Gasteiger partial charge in [-0.2, -0.15) is 5.26 Å². The first-order chi connectivity index (χ1) is 9.92. The van der Waals surface area contributed by atoms with E-state index in [1.165, 1.54) is 13.0 Å². The fourth-order valence-electron chi connectivity index (χ4n) is 2.55. The number of carboxylic acids is 1. The third-order valence-corrected chi connectivity index (χ3v) is 3.88. The van der Waals surface area contributed by atoms with Crippen molar-refractivity contribution < 1.29 is 19.1 Å².